The van der Waals surface area contributed by atoms with Gasteiger partial charge in [0.15, 0.2) is 0 Å². The highest BCUT2D eigenvalue weighted by molar-refractivity contribution is 7.26. The Morgan fingerprint density at radius 1 is 0.533 bits per heavy atom. The highest BCUT2D eigenvalue weighted by Gasteiger charge is 2.07. The average Bonchev–Trinajstić information content (AvgIpc) is 3.26. The Balaban J connectivity index is 0.000000128. The minimum absolute atomic E-state index is 0.296. The number of hydrogen-bond donors (Lipinski definition) is 4. The van der Waals surface area contributed by atoms with E-state index in [1.54, 1.807) is 34.8 Å². The molecule has 4 nitrogen and oxygen atoms in total. The predicted octanol–water partition coefficient (Wildman–Crippen LogP) is 6.56. The normalized spacial score (nSPS) is 11.2. The third kappa shape index (κ3) is 3.16. The molecule has 4 aromatic carbocycles. The van der Waals surface area contributed by atoms with E-state index in [0.29, 0.717) is 17.1 Å². The van der Waals surface area contributed by atoms with Crippen molar-refractivity contribution in [3.05, 3.63) is 72.8 Å². The smallest absolute Gasteiger partial charge is 0.116 e. The second-order valence-electron chi connectivity index (χ2n) is 7.11. The highest BCUT2D eigenvalue weighted by Crippen LogP contribution is 2.37. The van der Waals surface area contributed by atoms with Gasteiger partial charge in [0.1, 0.15) is 5.75 Å². The number of nitrogens with two attached hydrogens (primary N) is 3. The Morgan fingerprint density at radius 3 is 1.97 bits per heavy atom. The zero-order chi connectivity index (χ0) is 20.8. The maximum absolute atomic E-state index is 9.45. The van der Waals surface area contributed by atoms with Crippen LogP contribution in [-0.4, -0.2) is 5.11 Å². The van der Waals surface area contributed by atoms with E-state index in [4.69, 9.17) is 17.2 Å². The molecule has 2 aromatic heterocycles. The summed E-state index contributed by atoms with van der Waals surface area (Å²) in [5.74, 6) is 0.296. The summed E-state index contributed by atoms with van der Waals surface area (Å²) >= 11 is 3.46. The molecule has 0 radical (unpaired) electrons. The van der Waals surface area contributed by atoms with Crippen molar-refractivity contribution < 1.29 is 5.11 Å². The molecule has 0 amide bonds. The second-order valence-corrected chi connectivity index (χ2v) is 9.28. The van der Waals surface area contributed by atoms with Crippen LogP contribution >= 0.6 is 22.7 Å². The molecule has 0 aliphatic carbocycles. The molecule has 0 fully saturated rings. The number of fused-ring (bicyclic) bond motifs is 6. The molecular weight excluding hydrogens is 410 g/mol. The first-order chi connectivity index (χ1) is 14.5. The Bertz CT molecular complexity index is 1490. The fraction of sp³-hybridized carbons (Fsp3) is 0. The van der Waals surface area contributed by atoms with Gasteiger partial charge in [0.05, 0.1) is 11.4 Å². The first-order valence-electron chi connectivity index (χ1n) is 9.36. The summed E-state index contributed by atoms with van der Waals surface area (Å²) in [5.41, 5.74) is 19.4. The van der Waals surface area contributed by atoms with Gasteiger partial charge in [-0.15, -0.1) is 22.7 Å². The lowest BCUT2D eigenvalue weighted by atomic mass is 10.1. The molecule has 0 spiro atoms. The summed E-state index contributed by atoms with van der Waals surface area (Å²) in [6.45, 7) is 0. The van der Waals surface area contributed by atoms with E-state index < -0.39 is 0 Å². The van der Waals surface area contributed by atoms with Crippen LogP contribution in [0, 0.1) is 0 Å². The molecule has 0 aliphatic rings. The van der Waals surface area contributed by atoms with Crippen LogP contribution < -0.4 is 17.2 Å². The van der Waals surface area contributed by atoms with Crippen LogP contribution in [0.5, 0.6) is 5.75 Å². The number of hydrogen-bond acceptors (Lipinski definition) is 6. The fourth-order valence-corrected chi connectivity index (χ4v) is 5.79. The van der Waals surface area contributed by atoms with Gasteiger partial charge in [0.2, 0.25) is 0 Å². The molecule has 0 saturated heterocycles. The van der Waals surface area contributed by atoms with Gasteiger partial charge < -0.3 is 22.3 Å². The lowest BCUT2D eigenvalue weighted by Gasteiger charge is -1.99. The Hall–Kier alpha value is -3.48. The zero-order valence-electron chi connectivity index (χ0n) is 15.9. The number of nitrogen functional groups attached to an aromatic ring is 3. The van der Waals surface area contributed by atoms with Crippen LogP contribution in [0.1, 0.15) is 0 Å². The molecule has 148 valence electrons. The summed E-state index contributed by atoms with van der Waals surface area (Å²) < 4.78 is 4.85. The molecule has 6 rings (SSSR count). The second kappa shape index (κ2) is 7.09. The van der Waals surface area contributed by atoms with Crippen molar-refractivity contribution in [1.82, 2.24) is 0 Å². The highest BCUT2D eigenvalue weighted by atomic mass is 32.1. The number of aromatic hydroxyl groups is 1. The first kappa shape index (κ1) is 18.5. The van der Waals surface area contributed by atoms with Crippen LogP contribution in [0.3, 0.4) is 0 Å². The van der Waals surface area contributed by atoms with Gasteiger partial charge in [-0.3, -0.25) is 0 Å². The predicted molar refractivity (Wildman–Crippen MR) is 134 cm³/mol. The monoisotopic (exact) mass is 429 g/mol. The van der Waals surface area contributed by atoms with Crippen LogP contribution in [0.25, 0.3) is 40.3 Å². The average molecular weight is 430 g/mol. The van der Waals surface area contributed by atoms with Gasteiger partial charge in [-0.2, -0.15) is 0 Å². The van der Waals surface area contributed by atoms with Gasteiger partial charge in [-0.1, -0.05) is 18.2 Å². The Labute approximate surface area is 180 Å². The molecule has 2 heterocycles. The third-order valence-electron chi connectivity index (χ3n) is 5.06. The van der Waals surface area contributed by atoms with E-state index in [0.717, 1.165) is 16.5 Å². The summed E-state index contributed by atoms with van der Waals surface area (Å²) in [6, 6.07) is 23.5. The molecule has 0 bridgehead atoms. The van der Waals surface area contributed by atoms with Crippen molar-refractivity contribution in [2.24, 2.45) is 0 Å². The molecule has 0 aliphatic heterocycles. The zero-order valence-corrected chi connectivity index (χ0v) is 17.6. The molecule has 0 atom stereocenters. The topological polar surface area (TPSA) is 98.3 Å². The van der Waals surface area contributed by atoms with Gasteiger partial charge in [-0.25, -0.2) is 0 Å². The van der Waals surface area contributed by atoms with Crippen molar-refractivity contribution in [3.8, 4) is 5.75 Å². The maximum Gasteiger partial charge on any atom is 0.116 e. The van der Waals surface area contributed by atoms with Crippen molar-refractivity contribution in [1.29, 1.82) is 0 Å². The molecule has 30 heavy (non-hydrogen) atoms. The number of phenols is 1. The van der Waals surface area contributed by atoms with E-state index in [2.05, 4.69) is 12.1 Å². The van der Waals surface area contributed by atoms with E-state index in [1.165, 1.54) is 29.6 Å². The first-order valence-corrected chi connectivity index (χ1v) is 11.0. The molecular formula is C24H19N3OS2. The SMILES string of the molecule is Nc1cc2sc3ccccc3c2cc1N.Nc1ccc2sc3ccc(O)cc3c2c1. The lowest BCUT2D eigenvalue weighted by Crippen LogP contribution is -1.92. The number of phenolic OH excluding ortho intramolecular Hbond substituents is 1. The summed E-state index contributed by atoms with van der Waals surface area (Å²) in [4.78, 5) is 0. The minimum atomic E-state index is 0.296. The maximum atomic E-state index is 9.45. The van der Waals surface area contributed by atoms with Crippen LogP contribution in [0.4, 0.5) is 17.1 Å². The summed E-state index contributed by atoms with van der Waals surface area (Å²) in [6.07, 6.45) is 0. The summed E-state index contributed by atoms with van der Waals surface area (Å²) in [5, 5.41) is 14.1. The molecule has 6 heteroatoms. The van der Waals surface area contributed by atoms with E-state index in [1.807, 2.05) is 48.5 Å². The Kier molecular flexibility index (Phi) is 4.38. The molecule has 0 saturated carbocycles. The minimum Gasteiger partial charge on any atom is -0.508 e. The van der Waals surface area contributed by atoms with E-state index in [-0.39, 0.29) is 0 Å². The van der Waals surface area contributed by atoms with Gasteiger partial charge in [-0.05, 0) is 54.6 Å². The van der Waals surface area contributed by atoms with Gasteiger partial charge in [0, 0.05) is 46.0 Å². The van der Waals surface area contributed by atoms with Gasteiger partial charge in [0.25, 0.3) is 0 Å². The number of anilines is 3. The van der Waals surface area contributed by atoms with Gasteiger partial charge >= 0.3 is 0 Å². The number of rotatable bonds is 0. The third-order valence-corrected chi connectivity index (χ3v) is 7.34. The van der Waals surface area contributed by atoms with Crippen molar-refractivity contribution in [2.75, 3.05) is 17.2 Å². The van der Waals surface area contributed by atoms with Crippen molar-refractivity contribution in [2.45, 2.75) is 0 Å². The quantitative estimate of drug-likeness (QED) is 0.205. The van der Waals surface area contributed by atoms with Crippen LogP contribution in [0.2, 0.25) is 0 Å². The van der Waals surface area contributed by atoms with Crippen molar-refractivity contribution in [3.63, 3.8) is 0 Å². The molecule has 0 unspecified atom stereocenters. The molecule has 6 aromatic rings. The van der Waals surface area contributed by atoms with Crippen LogP contribution in [-0.2, 0) is 0 Å². The number of thiophene rings is 2. The van der Waals surface area contributed by atoms with E-state index in [9.17, 15) is 5.11 Å². The van der Waals surface area contributed by atoms with Crippen LogP contribution in [0.15, 0.2) is 72.8 Å². The largest absolute Gasteiger partial charge is 0.508 e. The Morgan fingerprint density at radius 2 is 1.13 bits per heavy atom. The fourth-order valence-electron chi connectivity index (χ4n) is 3.59. The van der Waals surface area contributed by atoms with Crippen molar-refractivity contribution >= 4 is 80.1 Å². The van der Waals surface area contributed by atoms with E-state index >= 15 is 0 Å². The molecule has 7 N–H and O–H groups in total. The number of benzene rings is 4. The lowest BCUT2D eigenvalue weighted by molar-refractivity contribution is 0.476. The standard InChI is InChI=1S/C12H10N2S.C12H9NOS/c13-9-5-8-7-3-1-2-4-11(7)15-12(8)6-10(9)14;13-7-1-3-11-9(5-7)10-6-8(14)2-4-12(10)15-11/h1-6H,13-14H2;1-6,14H,13H2. The summed E-state index contributed by atoms with van der Waals surface area (Å²) in [7, 11) is 0.